The van der Waals surface area contributed by atoms with Crippen molar-refractivity contribution in [3.8, 4) is 0 Å². The van der Waals surface area contributed by atoms with Crippen LogP contribution in [0.3, 0.4) is 0 Å². The lowest BCUT2D eigenvalue weighted by Crippen LogP contribution is -2.55. The molecule has 0 saturated heterocycles. The van der Waals surface area contributed by atoms with Crippen molar-refractivity contribution in [2.24, 2.45) is 0 Å². The molecule has 0 aliphatic rings. The molecule has 7 nitrogen and oxygen atoms in total. The zero-order valence-electron chi connectivity index (χ0n) is 22.8. The highest BCUT2D eigenvalue weighted by atomic mass is 32.2. The van der Waals surface area contributed by atoms with Gasteiger partial charge in [-0.15, -0.1) is 0 Å². The number of hydrogen-bond donors (Lipinski definition) is 1. The van der Waals surface area contributed by atoms with Gasteiger partial charge in [0.25, 0.3) is 0 Å². The van der Waals surface area contributed by atoms with Crippen LogP contribution >= 0.6 is 0 Å². The summed E-state index contributed by atoms with van der Waals surface area (Å²) in [6.45, 7) is 13.3. The van der Waals surface area contributed by atoms with Crippen LogP contribution in [0, 0.1) is 6.92 Å². The Hall–Kier alpha value is -2.87. The molecule has 0 spiro atoms. The van der Waals surface area contributed by atoms with E-state index in [1.807, 2.05) is 84.9 Å². The second-order valence-electron chi connectivity index (χ2n) is 10.7. The van der Waals surface area contributed by atoms with Crippen LogP contribution in [0.1, 0.15) is 70.6 Å². The summed E-state index contributed by atoms with van der Waals surface area (Å²) in [6, 6.07) is 14.2. The van der Waals surface area contributed by atoms with E-state index in [4.69, 9.17) is 0 Å². The van der Waals surface area contributed by atoms with Gasteiger partial charge in [0, 0.05) is 12.1 Å². The predicted molar refractivity (Wildman–Crippen MR) is 146 cm³/mol. The first-order valence-electron chi connectivity index (χ1n) is 12.4. The Morgan fingerprint density at radius 2 is 1.58 bits per heavy atom. The molecule has 2 rings (SSSR count). The van der Waals surface area contributed by atoms with Gasteiger partial charge < -0.3 is 10.2 Å². The Kier molecular flexibility index (Phi) is 9.71. The molecule has 0 heterocycles. The maximum Gasteiger partial charge on any atom is 0.244 e. The fourth-order valence-corrected chi connectivity index (χ4v) is 4.93. The van der Waals surface area contributed by atoms with Gasteiger partial charge in [-0.3, -0.25) is 13.9 Å². The van der Waals surface area contributed by atoms with E-state index in [1.54, 1.807) is 12.1 Å². The first-order chi connectivity index (χ1) is 16.6. The minimum absolute atomic E-state index is 0.0603. The van der Waals surface area contributed by atoms with Gasteiger partial charge in [0.15, 0.2) is 0 Å². The van der Waals surface area contributed by atoms with Crippen LogP contribution in [0.4, 0.5) is 5.69 Å². The van der Waals surface area contributed by atoms with E-state index in [0.717, 1.165) is 27.3 Å². The van der Waals surface area contributed by atoms with E-state index in [9.17, 15) is 18.0 Å². The van der Waals surface area contributed by atoms with Gasteiger partial charge in [-0.1, -0.05) is 68.8 Å². The van der Waals surface area contributed by atoms with Crippen molar-refractivity contribution >= 4 is 27.5 Å². The summed E-state index contributed by atoms with van der Waals surface area (Å²) in [4.78, 5) is 28.6. The highest BCUT2D eigenvalue weighted by molar-refractivity contribution is 7.92. The maximum atomic E-state index is 13.8. The molecule has 1 N–H and O–H groups in total. The SMILES string of the molecule is CC[C@H](C(=O)NC(C)(C)C)N(Cc1ccc(C)cc1)C(=O)CN(c1ccccc1C(C)C)S(C)(=O)=O. The molecule has 36 heavy (non-hydrogen) atoms. The summed E-state index contributed by atoms with van der Waals surface area (Å²) in [5.74, 6) is -0.639. The maximum absolute atomic E-state index is 13.8. The van der Waals surface area contributed by atoms with Crippen molar-refractivity contribution in [1.82, 2.24) is 10.2 Å². The molecule has 0 radical (unpaired) electrons. The van der Waals surface area contributed by atoms with Crippen molar-refractivity contribution in [1.29, 1.82) is 0 Å². The number of rotatable bonds is 10. The first kappa shape index (κ1) is 29.4. The van der Waals surface area contributed by atoms with E-state index in [-0.39, 0.29) is 18.4 Å². The molecular formula is C28H41N3O4S. The molecule has 1 atom stereocenters. The summed E-state index contributed by atoms with van der Waals surface area (Å²) >= 11 is 0. The molecular weight excluding hydrogens is 474 g/mol. The second kappa shape index (κ2) is 11.9. The van der Waals surface area contributed by atoms with Gasteiger partial charge in [0.05, 0.1) is 11.9 Å². The van der Waals surface area contributed by atoms with Crippen LogP contribution < -0.4 is 9.62 Å². The zero-order valence-corrected chi connectivity index (χ0v) is 23.6. The summed E-state index contributed by atoms with van der Waals surface area (Å²) < 4.78 is 26.9. The third kappa shape index (κ3) is 8.08. The molecule has 2 amide bonds. The molecule has 2 aromatic carbocycles. The lowest BCUT2D eigenvalue weighted by Gasteiger charge is -2.35. The smallest absolute Gasteiger partial charge is 0.244 e. The van der Waals surface area contributed by atoms with Crippen molar-refractivity contribution in [3.63, 3.8) is 0 Å². The molecule has 0 aliphatic carbocycles. The van der Waals surface area contributed by atoms with Gasteiger partial charge in [-0.05, 0) is 57.2 Å². The van der Waals surface area contributed by atoms with Crippen molar-refractivity contribution < 1.29 is 18.0 Å². The predicted octanol–water partition coefficient (Wildman–Crippen LogP) is 4.61. The number of aryl methyl sites for hydroxylation is 1. The minimum Gasteiger partial charge on any atom is -0.350 e. The highest BCUT2D eigenvalue weighted by Gasteiger charge is 2.33. The first-order valence-corrected chi connectivity index (χ1v) is 14.2. The van der Waals surface area contributed by atoms with E-state index in [1.165, 1.54) is 4.90 Å². The summed E-state index contributed by atoms with van der Waals surface area (Å²) in [5, 5.41) is 2.98. The second-order valence-corrected chi connectivity index (χ2v) is 12.6. The van der Waals surface area contributed by atoms with Crippen molar-refractivity contribution in [2.75, 3.05) is 17.1 Å². The Morgan fingerprint density at radius 1 is 1.00 bits per heavy atom. The van der Waals surface area contributed by atoms with Crippen LogP contribution in [0.15, 0.2) is 48.5 Å². The fourth-order valence-electron chi connectivity index (χ4n) is 4.06. The topological polar surface area (TPSA) is 86.8 Å². The van der Waals surface area contributed by atoms with E-state index in [0.29, 0.717) is 12.1 Å². The average Bonchev–Trinajstić information content (AvgIpc) is 2.76. The molecule has 198 valence electrons. The van der Waals surface area contributed by atoms with E-state index >= 15 is 0 Å². The molecule has 0 saturated carbocycles. The number of hydrogen-bond acceptors (Lipinski definition) is 4. The molecule has 8 heteroatoms. The Morgan fingerprint density at radius 3 is 2.08 bits per heavy atom. The Balaban J connectivity index is 2.51. The minimum atomic E-state index is -3.78. The van der Waals surface area contributed by atoms with Gasteiger partial charge in [-0.2, -0.15) is 0 Å². The van der Waals surface area contributed by atoms with Gasteiger partial charge >= 0.3 is 0 Å². The molecule has 2 aromatic rings. The number of carbonyl (C=O) groups is 2. The summed E-state index contributed by atoms with van der Waals surface area (Å²) in [5.41, 5.74) is 2.79. The number of amides is 2. The van der Waals surface area contributed by atoms with Gasteiger partial charge in [0.1, 0.15) is 12.6 Å². The van der Waals surface area contributed by atoms with Crippen LogP contribution in [-0.4, -0.2) is 49.5 Å². The average molecular weight is 516 g/mol. The number of anilines is 1. The lowest BCUT2D eigenvalue weighted by molar-refractivity contribution is -0.141. The van der Waals surface area contributed by atoms with Gasteiger partial charge in [-0.25, -0.2) is 8.42 Å². The third-order valence-electron chi connectivity index (χ3n) is 5.86. The van der Waals surface area contributed by atoms with Crippen LogP contribution in [0.5, 0.6) is 0 Å². The standard InChI is InChI=1S/C28H41N3O4S/c1-9-24(27(33)29-28(5,6)7)30(18-22-16-14-21(4)15-17-22)26(32)19-31(36(8,34)35)25-13-11-10-12-23(25)20(2)3/h10-17,20,24H,9,18-19H2,1-8H3,(H,29,33)/t24-/m1/s1. The number of carbonyl (C=O) groups excluding carboxylic acids is 2. The molecule has 0 unspecified atom stereocenters. The Bertz CT molecular complexity index is 1150. The number of nitrogens with zero attached hydrogens (tertiary/aromatic N) is 2. The number of nitrogens with one attached hydrogen (secondary N) is 1. The third-order valence-corrected chi connectivity index (χ3v) is 6.99. The highest BCUT2D eigenvalue weighted by Crippen LogP contribution is 2.29. The van der Waals surface area contributed by atoms with Crippen LogP contribution in [0.25, 0.3) is 0 Å². The molecule has 0 aromatic heterocycles. The fraction of sp³-hybridized carbons (Fsp3) is 0.500. The monoisotopic (exact) mass is 515 g/mol. The summed E-state index contributed by atoms with van der Waals surface area (Å²) in [7, 11) is -3.78. The number of sulfonamides is 1. The quantitative estimate of drug-likeness (QED) is 0.501. The van der Waals surface area contributed by atoms with E-state index in [2.05, 4.69) is 5.32 Å². The number of para-hydroxylation sites is 1. The van der Waals surface area contributed by atoms with Crippen molar-refractivity contribution in [2.45, 2.75) is 78.9 Å². The Labute approximate surface area is 216 Å². The molecule has 0 bridgehead atoms. The van der Waals surface area contributed by atoms with Crippen LogP contribution in [0.2, 0.25) is 0 Å². The zero-order chi connectivity index (χ0) is 27.3. The normalized spacial score (nSPS) is 12.8. The van der Waals surface area contributed by atoms with E-state index < -0.39 is 34.1 Å². The number of benzene rings is 2. The lowest BCUT2D eigenvalue weighted by atomic mass is 10.0. The van der Waals surface area contributed by atoms with Crippen LogP contribution in [-0.2, 0) is 26.2 Å². The van der Waals surface area contributed by atoms with Gasteiger partial charge in [0.2, 0.25) is 21.8 Å². The summed E-state index contributed by atoms with van der Waals surface area (Å²) in [6.07, 6.45) is 1.49. The molecule has 0 aliphatic heterocycles. The largest absolute Gasteiger partial charge is 0.350 e. The molecule has 0 fully saturated rings. The van der Waals surface area contributed by atoms with Crippen molar-refractivity contribution in [3.05, 3.63) is 65.2 Å².